The minimum Gasteiger partial charge on any atom is -0.354 e. The van der Waals surface area contributed by atoms with E-state index in [1.807, 2.05) is 6.92 Å². The highest BCUT2D eigenvalue weighted by molar-refractivity contribution is 7.92. The highest BCUT2D eigenvalue weighted by Gasteiger charge is 2.18. The second-order valence-corrected chi connectivity index (χ2v) is 8.64. The van der Waals surface area contributed by atoms with E-state index < -0.39 is 27.7 Å². The first kappa shape index (κ1) is 22.1. The van der Waals surface area contributed by atoms with Crippen LogP contribution in [-0.2, 0) is 14.8 Å². The van der Waals surface area contributed by atoms with Crippen molar-refractivity contribution in [2.75, 3.05) is 11.3 Å². The van der Waals surface area contributed by atoms with E-state index in [0.29, 0.717) is 17.6 Å². The Bertz CT molecular complexity index is 1260. The van der Waals surface area contributed by atoms with Crippen LogP contribution in [0, 0.1) is 0 Å². The summed E-state index contributed by atoms with van der Waals surface area (Å²) in [7, 11) is -3.91. The number of rotatable bonds is 8. The maximum absolute atomic E-state index is 12.6. The van der Waals surface area contributed by atoms with E-state index in [4.69, 9.17) is 0 Å². The van der Waals surface area contributed by atoms with Crippen molar-refractivity contribution < 1.29 is 18.0 Å². The molecular weight excluding hydrogens is 422 g/mol. The van der Waals surface area contributed by atoms with Crippen LogP contribution in [0.15, 0.2) is 52.2 Å². The summed E-state index contributed by atoms with van der Waals surface area (Å²) in [6.07, 6.45) is 0.792. The van der Waals surface area contributed by atoms with Crippen LogP contribution in [0.2, 0.25) is 0 Å². The van der Waals surface area contributed by atoms with Crippen molar-refractivity contribution in [1.29, 1.82) is 0 Å². The molecule has 164 valence electrons. The molecule has 2 amide bonds. The molecule has 10 nitrogen and oxygen atoms in total. The lowest BCUT2D eigenvalue weighted by atomic mass is 10.2. The maximum Gasteiger partial charge on any atom is 0.323 e. The van der Waals surface area contributed by atoms with Crippen molar-refractivity contribution in [2.45, 2.75) is 31.2 Å². The van der Waals surface area contributed by atoms with Gasteiger partial charge in [-0.2, -0.15) is 0 Å². The van der Waals surface area contributed by atoms with Crippen molar-refractivity contribution >= 4 is 38.6 Å². The Morgan fingerprint density at radius 1 is 1.03 bits per heavy atom. The van der Waals surface area contributed by atoms with Crippen LogP contribution < -0.4 is 21.0 Å². The first-order chi connectivity index (χ1) is 14.7. The zero-order valence-corrected chi connectivity index (χ0v) is 17.8. The van der Waals surface area contributed by atoms with Gasteiger partial charge in [0.1, 0.15) is 6.04 Å². The zero-order valence-electron chi connectivity index (χ0n) is 17.0. The van der Waals surface area contributed by atoms with Gasteiger partial charge < -0.3 is 20.6 Å². The third-order valence-electron chi connectivity index (χ3n) is 4.49. The van der Waals surface area contributed by atoms with Crippen LogP contribution in [0.5, 0.6) is 0 Å². The number of nitrogens with one attached hydrogen (secondary N) is 5. The third kappa shape index (κ3) is 5.31. The average molecular weight is 446 g/mol. The van der Waals surface area contributed by atoms with Gasteiger partial charge in [0.05, 0.1) is 15.9 Å². The summed E-state index contributed by atoms with van der Waals surface area (Å²) in [5.74, 6) is -0.726. The quantitative estimate of drug-likeness (QED) is 0.354. The molecule has 0 fully saturated rings. The molecule has 1 aromatic heterocycles. The first-order valence-electron chi connectivity index (χ1n) is 9.63. The van der Waals surface area contributed by atoms with Crippen LogP contribution >= 0.6 is 0 Å². The summed E-state index contributed by atoms with van der Waals surface area (Å²) in [4.78, 5) is 40.6. The SMILES string of the molecule is CCCNC(=O)[C@H](C)NC(=O)c1ccc(NS(=O)(=O)c2ccc3[nH]c(=O)[nH]c3c2)cc1. The standard InChI is InChI=1S/C20H23N5O5S/c1-3-10-21-18(26)12(2)22-19(27)13-4-6-14(7-5-13)25-31(29,30)15-8-9-16-17(11-15)24-20(28)23-16/h4-9,11-12,25H,3,10H2,1-2H3,(H,21,26)(H,22,27)(H2,23,24,28)/t12-/m0/s1. The molecule has 0 unspecified atom stereocenters. The number of hydrogen-bond donors (Lipinski definition) is 5. The molecule has 1 heterocycles. The lowest BCUT2D eigenvalue weighted by Gasteiger charge is -2.14. The maximum atomic E-state index is 12.6. The van der Waals surface area contributed by atoms with E-state index in [2.05, 4.69) is 25.3 Å². The van der Waals surface area contributed by atoms with Gasteiger partial charge >= 0.3 is 5.69 Å². The van der Waals surface area contributed by atoms with E-state index >= 15 is 0 Å². The lowest BCUT2D eigenvalue weighted by molar-refractivity contribution is -0.122. The van der Waals surface area contributed by atoms with E-state index in [1.54, 1.807) is 6.92 Å². The van der Waals surface area contributed by atoms with Crippen LogP contribution in [0.3, 0.4) is 0 Å². The number of carbonyl (C=O) groups is 2. The van der Waals surface area contributed by atoms with E-state index in [0.717, 1.165) is 6.42 Å². The molecule has 1 atom stereocenters. The molecule has 0 radical (unpaired) electrons. The molecule has 2 aromatic carbocycles. The average Bonchev–Trinajstić information content (AvgIpc) is 3.11. The summed E-state index contributed by atoms with van der Waals surface area (Å²) in [6.45, 7) is 4.04. The summed E-state index contributed by atoms with van der Waals surface area (Å²) in [5, 5.41) is 5.30. The molecule has 3 aromatic rings. The van der Waals surface area contributed by atoms with Crippen molar-refractivity contribution in [1.82, 2.24) is 20.6 Å². The van der Waals surface area contributed by atoms with E-state index in [1.165, 1.54) is 42.5 Å². The predicted molar refractivity (Wildman–Crippen MR) is 116 cm³/mol. The highest BCUT2D eigenvalue weighted by Crippen LogP contribution is 2.19. The fourth-order valence-corrected chi connectivity index (χ4v) is 3.91. The molecule has 0 saturated carbocycles. The molecule has 0 aliphatic carbocycles. The summed E-state index contributed by atoms with van der Waals surface area (Å²) >= 11 is 0. The molecule has 0 aliphatic heterocycles. The van der Waals surface area contributed by atoms with Gasteiger partial charge in [-0.25, -0.2) is 13.2 Å². The van der Waals surface area contributed by atoms with Crippen LogP contribution in [0.1, 0.15) is 30.6 Å². The number of anilines is 1. The summed E-state index contributed by atoms with van der Waals surface area (Å²) in [5.41, 5.74) is 0.981. The fourth-order valence-electron chi connectivity index (χ4n) is 2.83. The zero-order chi connectivity index (χ0) is 22.6. The number of sulfonamides is 1. The van der Waals surface area contributed by atoms with Crippen molar-refractivity contribution in [3.8, 4) is 0 Å². The van der Waals surface area contributed by atoms with Crippen LogP contribution in [0.25, 0.3) is 11.0 Å². The predicted octanol–water partition coefficient (Wildman–Crippen LogP) is 1.30. The number of imidazole rings is 1. The normalized spacial score (nSPS) is 12.3. The largest absolute Gasteiger partial charge is 0.354 e. The van der Waals surface area contributed by atoms with Crippen molar-refractivity contribution in [3.63, 3.8) is 0 Å². The number of aromatic amines is 2. The van der Waals surface area contributed by atoms with Gasteiger partial charge in [-0.05, 0) is 55.8 Å². The second kappa shape index (κ2) is 9.04. The number of fused-ring (bicyclic) bond motifs is 1. The Balaban J connectivity index is 1.68. The molecule has 5 N–H and O–H groups in total. The number of benzene rings is 2. The van der Waals surface area contributed by atoms with Gasteiger partial charge in [-0.3, -0.25) is 14.3 Å². The molecular formula is C20H23N5O5S. The molecule has 0 bridgehead atoms. The Labute approximate surface area is 178 Å². The van der Waals surface area contributed by atoms with Gasteiger partial charge in [-0.15, -0.1) is 0 Å². The summed E-state index contributed by atoms with van der Waals surface area (Å²) < 4.78 is 27.7. The number of H-pyrrole nitrogens is 2. The molecule has 3 rings (SSSR count). The molecule has 0 aliphatic rings. The van der Waals surface area contributed by atoms with Crippen LogP contribution in [0.4, 0.5) is 5.69 Å². The summed E-state index contributed by atoms with van der Waals surface area (Å²) in [6, 6.07) is 9.33. The van der Waals surface area contributed by atoms with Gasteiger partial charge in [0, 0.05) is 17.8 Å². The number of hydrogen-bond acceptors (Lipinski definition) is 5. The molecule has 0 spiro atoms. The first-order valence-corrected chi connectivity index (χ1v) is 11.1. The minimum atomic E-state index is -3.91. The highest BCUT2D eigenvalue weighted by atomic mass is 32.2. The monoisotopic (exact) mass is 445 g/mol. The van der Waals surface area contributed by atoms with Gasteiger partial charge in [-0.1, -0.05) is 6.92 Å². The second-order valence-electron chi connectivity index (χ2n) is 6.96. The Morgan fingerprint density at radius 3 is 2.39 bits per heavy atom. The topological polar surface area (TPSA) is 153 Å². The van der Waals surface area contributed by atoms with E-state index in [-0.39, 0.29) is 22.1 Å². The Kier molecular flexibility index (Phi) is 6.44. The van der Waals surface area contributed by atoms with E-state index in [9.17, 15) is 22.8 Å². The van der Waals surface area contributed by atoms with Gasteiger partial charge in [0.25, 0.3) is 15.9 Å². The number of amides is 2. The van der Waals surface area contributed by atoms with Gasteiger partial charge in [0.2, 0.25) is 5.91 Å². The number of aromatic nitrogens is 2. The van der Waals surface area contributed by atoms with Crippen LogP contribution in [-0.4, -0.2) is 42.8 Å². The molecule has 31 heavy (non-hydrogen) atoms. The minimum absolute atomic E-state index is 0.0241. The number of carbonyl (C=O) groups excluding carboxylic acids is 2. The lowest BCUT2D eigenvalue weighted by Crippen LogP contribution is -2.44. The fraction of sp³-hybridized carbons (Fsp3) is 0.250. The van der Waals surface area contributed by atoms with Crippen molar-refractivity contribution in [2.24, 2.45) is 0 Å². The van der Waals surface area contributed by atoms with Gasteiger partial charge in [0.15, 0.2) is 0 Å². The van der Waals surface area contributed by atoms with Crippen molar-refractivity contribution in [3.05, 3.63) is 58.5 Å². The Hall–Kier alpha value is -3.60. The molecule has 11 heteroatoms. The Morgan fingerprint density at radius 2 is 1.71 bits per heavy atom. The smallest absolute Gasteiger partial charge is 0.323 e. The molecule has 0 saturated heterocycles. The third-order valence-corrected chi connectivity index (χ3v) is 5.87.